The number of hydrogen-bond acceptors (Lipinski definition) is 1. The standard InChI is InChI=1S/C14H12F3N/c1-9-2-5-12(16)14(6-9)18-8-10-3-4-11(15)7-13(10)17/h2-7,18H,8H2,1H3. The largest absolute Gasteiger partial charge is 0.378 e. The number of halogens is 3. The molecule has 0 atom stereocenters. The fourth-order valence-electron chi connectivity index (χ4n) is 1.63. The third kappa shape index (κ3) is 2.83. The van der Waals surface area contributed by atoms with Crippen LogP contribution in [-0.2, 0) is 6.54 Å². The average Bonchev–Trinajstić information content (AvgIpc) is 2.32. The zero-order valence-electron chi connectivity index (χ0n) is 9.81. The summed E-state index contributed by atoms with van der Waals surface area (Å²) in [6.07, 6.45) is 0. The van der Waals surface area contributed by atoms with Gasteiger partial charge in [0, 0.05) is 18.2 Å². The molecular weight excluding hydrogens is 239 g/mol. The minimum absolute atomic E-state index is 0.104. The molecule has 2 aromatic rings. The lowest BCUT2D eigenvalue weighted by molar-refractivity contribution is 0.573. The van der Waals surface area contributed by atoms with Crippen LogP contribution in [0.2, 0.25) is 0 Å². The highest BCUT2D eigenvalue weighted by molar-refractivity contribution is 5.47. The normalized spacial score (nSPS) is 10.4. The van der Waals surface area contributed by atoms with Gasteiger partial charge < -0.3 is 5.32 Å². The molecule has 2 rings (SSSR count). The highest BCUT2D eigenvalue weighted by Crippen LogP contribution is 2.17. The molecule has 1 nitrogen and oxygen atoms in total. The number of aryl methyl sites for hydroxylation is 1. The first-order valence-corrected chi connectivity index (χ1v) is 5.50. The van der Waals surface area contributed by atoms with Gasteiger partial charge in [-0.2, -0.15) is 0 Å². The molecule has 0 amide bonds. The summed E-state index contributed by atoms with van der Waals surface area (Å²) in [7, 11) is 0. The van der Waals surface area contributed by atoms with Gasteiger partial charge in [0.1, 0.15) is 17.5 Å². The summed E-state index contributed by atoms with van der Waals surface area (Å²) in [6, 6.07) is 7.95. The molecule has 1 N–H and O–H groups in total. The molecule has 0 radical (unpaired) electrons. The van der Waals surface area contributed by atoms with Crippen molar-refractivity contribution in [3.8, 4) is 0 Å². The Balaban J connectivity index is 2.13. The zero-order valence-corrected chi connectivity index (χ0v) is 9.81. The summed E-state index contributed by atoms with van der Waals surface area (Å²) in [6.45, 7) is 1.94. The molecule has 0 heterocycles. The first-order valence-electron chi connectivity index (χ1n) is 5.50. The van der Waals surface area contributed by atoms with Crippen LogP contribution >= 0.6 is 0 Å². The molecule has 0 unspecified atom stereocenters. The van der Waals surface area contributed by atoms with Crippen LogP contribution in [0.4, 0.5) is 18.9 Å². The van der Waals surface area contributed by atoms with E-state index in [1.54, 1.807) is 12.1 Å². The van der Waals surface area contributed by atoms with Gasteiger partial charge in [-0.1, -0.05) is 12.1 Å². The SMILES string of the molecule is Cc1ccc(F)c(NCc2ccc(F)cc2F)c1. The van der Waals surface area contributed by atoms with E-state index in [-0.39, 0.29) is 12.1 Å². The molecule has 0 aliphatic heterocycles. The molecule has 0 aliphatic carbocycles. The Morgan fingerprint density at radius 3 is 2.44 bits per heavy atom. The van der Waals surface area contributed by atoms with Crippen molar-refractivity contribution in [3.63, 3.8) is 0 Å². The first kappa shape index (κ1) is 12.5. The average molecular weight is 251 g/mol. The van der Waals surface area contributed by atoms with Gasteiger partial charge >= 0.3 is 0 Å². The quantitative estimate of drug-likeness (QED) is 0.868. The van der Waals surface area contributed by atoms with Gasteiger partial charge in [-0.15, -0.1) is 0 Å². The fraction of sp³-hybridized carbons (Fsp3) is 0.143. The van der Waals surface area contributed by atoms with Crippen molar-refractivity contribution in [2.75, 3.05) is 5.32 Å². The first-order chi connectivity index (χ1) is 8.56. The van der Waals surface area contributed by atoms with E-state index < -0.39 is 17.5 Å². The monoisotopic (exact) mass is 251 g/mol. The Labute approximate surface area is 103 Å². The van der Waals surface area contributed by atoms with E-state index in [1.165, 1.54) is 18.2 Å². The van der Waals surface area contributed by atoms with Crippen LogP contribution in [0.5, 0.6) is 0 Å². The molecule has 0 saturated carbocycles. The smallest absolute Gasteiger partial charge is 0.146 e. The van der Waals surface area contributed by atoms with Crippen LogP contribution in [-0.4, -0.2) is 0 Å². The van der Waals surface area contributed by atoms with Crippen molar-refractivity contribution < 1.29 is 13.2 Å². The fourth-order valence-corrected chi connectivity index (χ4v) is 1.63. The summed E-state index contributed by atoms with van der Waals surface area (Å²) >= 11 is 0. The maximum atomic E-state index is 13.4. The molecule has 0 saturated heterocycles. The van der Waals surface area contributed by atoms with E-state index in [1.807, 2.05) is 6.92 Å². The number of hydrogen-bond donors (Lipinski definition) is 1. The molecule has 0 bridgehead atoms. The predicted octanol–water partition coefficient (Wildman–Crippen LogP) is 4.02. The van der Waals surface area contributed by atoms with Gasteiger partial charge in [0.2, 0.25) is 0 Å². The lowest BCUT2D eigenvalue weighted by Crippen LogP contribution is -2.04. The van der Waals surface area contributed by atoms with Gasteiger partial charge in [-0.3, -0.25) is 0 Å². The summed E-state index contributed by atoms with van der Waals surface area (Å²) in [5.41, 5.74) is 1.49. The topological polar surface area (TPSA) is 12.0 Å². The van der Waals surface area contributed by atoms with E-state index in [4.69, 9.17) is 0 Å². The van der Waals surface area contributed by atoms with Gasteiger partial charge in [0.05, 0.1) is 5.69 Å². The Morgan fingerprint density at radius 2 is 1.72 bits per heavy atom. The van der Waals surface area contributed by atoms with Crippen LogP contribution in [0.1, 0.15) is 11.1 Å². The zero-order chi connectivity index (χ0) is 13.1. The summed E-state index contributed by atoms with van der Waals surface area (Å²) in [5, 5.41) is 2.79. The van der Waals surface area contributed by atoms with Gasteiger partial charge in [-0.25, -0.2) is 13.2 Å². The van der Waals surface area contributed by atoms with Crippen molar-refractivity contribution in [3.05, 3.63) is 65.0 Å². The Kier molecular flexibility index (Phi) is 3.55. The van der Waals surface area contributed by atoms with Crippen molar-refractivity contribution in [1.82, 2.24) is 0 Å². The third-order valence-corrected chi connectivity index (χ3v) is 2.61. The highest BCUT2D eigenvalue weighted by atomic mass is 19.1. The number of nitrogens with one attached hydrogen (secondary N) is 1. The second-order valence-electron chi connectivity index (χ2n) is 4.07. The van der Waals surface area contributed by atoms with Crippen LogP contribution < -0.4 is 5.32 Å². The van der Waals surface area contributed by atoms with Crippen molar-refractivity contribution in [2.45, 2.75) is 13.5 Å². The van der Waals surface area contributed by atoms with E-state index in [0.717, 1.165) is 11.6 Å². The lowest BCUT2D eigenvalue weighted by atomic mass is 10.2. The maximum Gasteiger partial charge on any atom is 0.146 e. The van der Waals surface area contributed by atoms with Gasteiger partial charge in [-0.05, 0) is 30.7 Å². The number of anilines is 1. The molecule has 4 heteroatoms. The second kappa shape index (κ2) is 5.12. The second-order valence-corrected chi connectivity index (χ2v) is 4.07. The summed E-state index contributed by atoms with van der Waals surface area (Å²) < 4.78 is 39.5. The van der Waals surface area contributed by atoms with Gasteiger partial charge in [0.25, 0.3) is 0 Å². The molecular formula is C14H12F3N. The minimum atomic E-state index is -0.643. The van der Waals surface area contributed by atoms with E-state index >= 15 is 0 Å². The highest BCUT2D eigenvalue weighted by Gasteiger charge is 2.06. The Morgan fingerprint density at radius 1 is 0.944 bits per heavy atom. The van der Waals surface area contributed by atoms with Crippen LogP contribution in [0.3, 0.4) is 0 Å². The van der Waals surface area contributed by atoms with E-state index in [9.17, 15) is 13.2 Å². The predicted molar refractivity (Wildman–Crippen MR) is 64.8 cm³/mol. The Hall–Kier alpha value is -1.97. The number of rotatable bonds is 3. The third-order valence-electron chi connectivity index (χ3n) is 2.61. The molecule has 18 heavy (non-hydrogen) atoms. The molecule has 0 aliphatic rings. The molecule has 2 aromatic carbocycles. The van der Waals surface area contributed by atoms with Crippen molar-refractivity contribution in [1.29, 1.82) is 0 Å². The van der Waals surface area contributed by atoms with E-state index in [0.29, 0.717) is 5.69 Å². The Bertz CT molecular complexity index is 567. The van der Waals surface area contributed by atoms with Crippen LogP contribution in [0, 0.1) is 24.4 Å². The molecule has 0 spiro atoms. The molecule has 0 fully saturated rings. The molecule has 94 valence electrons. The lowest BCUT2D eigenvalue weighted by Gasteiger charge is -2.09. The van der Waals surface area contributed by atoms with Crippen LogP contribution in [0.15, 0.2) is 36.4 Å². The van der Waals surface area contributed by atoms with Crippen molar-refractivity contribution >= 4 is 5.69 Å². The summed E-state index contributed by atoms with van der Waals surface area (Å²) in [4.78, 5) is 0. The van der Waals surface area contributed by atoms with Gasteiger partial charge in [0.15, 0.2) is 0 Å². The van der Waals surface area contributed by atoms with Crippen molar-refractivity contribution in [2.24, 2.45) is 0 Å². The summed E-state index contributed by atoms with van der Waals surface area (Å²) in [5.74, 6) is -1.67. The van der Waals surface area contributed by atoms with Crippen LogP contribution in [0.25, 0.3) is 0 Å². The molecule has 0 aromatic heterocycles. The number of benzene rings is 2. The minimum Gasteiger partial charge on any atom is -0.378 e. The maximum absolute atomic E-state index is 13.4. The van der Waals surface area contributed by atoms with E-state index in [2.05, 4.69) is 5.32 Å².